The smallest absolute Gasteiger partial charge is 0.399 e. The molecule has 1 aromatic heterocycles. The van der Waals surface area contributed by atoms with Crippen molar-refractivity contribution in [2.75, 3.05) is 0 Å². The van der Waals surface area contributed by atoms with Crippen LogP contribution in [0.5, 0.6) is 0 Å². The summed E-state index contributed by atoms with van der Waals surface area (Å²) in [4.78, 5) is 12.5. The van der Waals surface area contributed by atoms with E-state index >= 15 is 0 Å². The second kappa shape index (κ2) is 5.50. The van der Waals surface area contributed by atoms with E-state index in [-0.39, 0.29) is 16.8 Å². The van der Waals surface area contributed by atoms with Crippen molar-refractivity contribution >= 4 is 23.4 Å². The molecule has 1 aromatic carbocycles. The molecule has 2 heterocycles. The summed E-state index contributed by atoms with van der Waals surface area (Å²) in [7, 11) is -0.400. The molecule has 0 atom stereocenters. The van der Waals surface area contributed by atoms with Crippen LogP contribution in [-0.2, 0) is 15.9 Å². The molecule has 0 saturated carbocycles. The Morgan fingerprint density at radius 2 is 1.74 bits per heavy atom. The Kier molecular flexibility index (Phi) is 3.89. The topological polar surface area (TPSA) is 40.5 Å². The maximum absolute atomic E-state index is 12.5. The molecule has 122 valence electrons. The van der Waals surface area contributed by atoms with Crippen molar-refractivity contribution in [3.05, 3.63) is 40.8 Å². The lowest BCUT2D eigenvalue weighted by Crippen LogP contribution is -2.41. The Hall–Kier alpha value is -1.59. The first kappa shape index (κ1) is 16.3. The largest absolute Gasteiger partial charge is 0.494 e. The number of benzene rings is 1. The van der Waals surface area contributed by atoms with Gasteiger partial charge in [0.05, 0.1) is 11.2 Å². The van der Waals surface area contributed by atoms with Gasteiger partial charge in [0.25, 0.3) is 5.56 Å². The van der Waals surface area contributed by atoms with Gasteiger partial charge in [0.15, 0.2) is 0 Å². The molecule has 3 rings (SSSR count). The summed E-state index contributed by atoms with van der Waals surface area (Å²) in [5, 5.41) is 1.66. The zero-order valence-electron chi connectivity index (χ0n) is 14.6. The molecule has 1 aliphatic rings. The van der Waals surface area contributed by atoms with Gasteiger partial charge in [0, 0.05) is 18.1 Å². The maximum Gasteiger partial charge on any atom is 0.494 e. The van der Waals surface area contributed by atoms with Crippen LogP contribution in [0, 0.1) is 0 Å². The van der Waals surface area contributed by atoms with Gasteiger partial charge in [-0.05, 0) is 57.1 Å². The third-order valence-corrected chi connectivity index (χ3v) is 4.99. The number of rotatable bonds is 3. The summed E-state index contributed by atoms with van der Waals surface area (Å²) < 4.78 is 13.9. The van der Waals surface area contributed by atoms with Crippen molar-refractivity contribution in [1.29, 1.82) is 0 Å². The third kappa shape index (κ3) is 2.72. The molecule has 5 heteroatoms. The van der Waals surface area contributed by atoms with Crippen LogP contribution in [-0.4, -0.2) is 22.9 Å². The molecule has 1 aliphatic heterocycles. The van der Waals surface area contributed by atoms with Crippen LogP contribution in [0.4, 0.5) is 0 Å². The second-order valence-corrected chi connectivity index (χ2v) is 7.25. The Bertz CT molecular complexity index is 778. The van der Waals surface area contributed by atoms with E-state index in [0.717, 1.165) is 29.2 Å². The van der Waals surface area contributed by atoms with Crippen molar-refractivity contribution < 1.29 is 9.31 Å². The molecule has 0 unspecified atom stereocenters. The van der Waals surface area contributed by atoms with E-state index in [9.17, 15) is 4.79 Å². The predicted molar refractivity (Wildman–Crippen MR) is 94.2 cm³/mol. The van der Waals surface area contributed by atoms with E-state index < -0.39 is 7.12 Å². The first-order valence-corrected chi connectivity index (χ1v) is 8.24. The highest BCUT2D eigenvalue weighted by Crippen LogP contribution is 2.36. The normalized spacial score (nSPS) is 19.4. The van der Waals surface area contributed by atoms with Gasteiger partial charge in [-0.15, -0.1) is 0 Å². The standard InChI is InChI=1S/C18H24BNO3/c1-6-10-20-11-9-13-12-14(7-8-15(13)16(20)21)19-22-17(2,3)18(4,5)23-19/h7-9,11-12H,6,10H2,1-5H3. The molecular formula is C18H24BNO3. The molecule has 0 N–H and O–H groups in total. The van der Waals surface area contributed by atoms with Gasteiger partial charge in [-0.1, -0.05) is 19.1 Å². The van der Waals surface area contributed by atoms with E-state index in [4.69, 9.17) is 9.31 Å². The predicted octanol–water partition coefficient (Wildman–Crippen LogP) is 2.71. The Morgan fingerprint density at radius 1 is 1.09 bits per heavy atom. The summed E-state index contributed by atoms with van der Waals surface area (Å²) in [6.07, 6.45) is 2.81. The highest BCUT2D eigenvalue weighted by atomic mass is 16.7. The first-order chi connectivity index (χ1) is 10.7. The molecule has 4 nitrogen and oxygen atoms in total. The highest BCUT2D eigenvalue weighted by molar-refractivity contribution is 6.62. The summed E-state index contributed by atoms with van der Waals surface area (Å²) in [5.74, 6) is 0. The van der Waals surface area contributed by atoms with Crippen molar-refractivity contribution in [2.45, 2.75) is 58.8 Å². The summed E-state index contributed by atoms with van der Waals surface area (Å²) in [6, 6.07) is 7.79. The van der Waals surface area contributed by atoms with Crippen molar-refractivity contribution in [3.63, 3.8) is 0 Å². The van der Waals surface area contributed by atoms with E-state index in [1.807, 2.05) is 58.2 Å². The monoisotopic (exact) mass is 313 g/mol. The van der Waals surface area contributed by atoms with Crippen molar-refractivity contribution in [3.8, 4) is 0 Å². The molecule has 0 radical (unpaired) electrons. The molecule has 23 heavy (non-hydrogen) atoms. The van der Waals surface area contributed by atoms with E-state index in [1.165, 1.54) is 0 Å². The molecule has 0 spiro atoms. The number of aryl methyl sites for hydroxylation is 1. The lowest BCUT2D eigenvalue weighted by atomic mass is 9.78. The van der Waals surface area contributed by atoms with E-state index in [1.54, 1.807) is 4.57 Å². The minimum Gasteiger partial charge on any atom is -0.399 e. The van der Waals surface area contributed by atoms with E-state index in [2.05, 4.69) is 6.92 Å². The SMILES string of the molecule is CCCn1ccc2cc(B3OC(C)(C)C(C)(C)O3)ccc2c1=O. The summed E-state index contributed by atoms with van der Waals surface area (Å²) in [6.45, 7) is 11.0. The lowest BCUT2D eigenvalue weighted by molar-refractivity contribution is 0.00578. The van der Waals surface area contributed by atoms with Crippen LogP contribution in [0.1, 0.15) is 41.0 Å². The van der Waals surface area contributed by atoms with Gasteiger partial charge >= 0.3 is 7.12 Å². The summed E-state index contributed by atoms with van der Waals surface area (Å²) >= 11 is 0. The Labute approximate surface area is 137 Å². The quantitative estimate of drug-likeness (QED) is 0.818. The van der Waals surface area contributed by atoms with Gasteiger partial charge in [-0.2, -0.15) is 0 Å². The fourth-order valence-corrected chi connectivity index (χ4v) is 2.85. The van der Waals surface area contributed by atoms with Gasteiger partial charge in [0.1, 0.15) is 0 Å². The molecular weight excluding hydrogens is 289 g/mol. The average molecular weight is 313 g/mol. The van der Waals surface area contributed by atoms with Crippen molar-refractivity contribution in [2.24, 2.45) is 0 Å². The molecule has 1 fully saturated rings. The van der Waals surface area contributed by atoms with Crippen LogP contribution in [0.25, 0.3) is 10.8 Å². The van der Waals surface area contributed by atoms with Crippen LogP contribution < -0.4 is 11.0 Å². The molecule has 1 saturated heterocycles. The van der Waals surface area contributed by atoms with Crippen LogP contribution in [0.15, 0.2) is 35.3 Å². The fraction of sp³-hybridized carbons (Fsp3) is 0.500. The second-order valence-electron chi connectivity index (χ2n) is 7.25. The zero-order chi connectivity index (χ0) is 16.8. The van der Waals surface area contributed by atoms with Gasteiger partial charge in [-0.25, -0.2) is 0 Å². The maximum atomic E-state index is 12.5. The first-order valence-electron chi connectivity index (χ1n) is 8.24. The van der Waals surface area contributed by atoms with E-state index in [0.29, 0.717) is 0 Å². The average Bonchev–Trinajstić information content (AvgIpc) is 2.70. The number of fused-ring (bicyclic) bond motifs is 1. The van der Waals surface area contributed by atoms with Crippen LogP contribution in [0.2, 0.25) is 0 Å². The minimum atomic E-state index is -0.400. The van der Waals surface area contributed by atoms with Crippen LogP contribution in [0.3, 0.4) is 0 Å². The third-order valence-electron chi connectivity index (χ3n) is 4.99. The van der Waals surface area contributed by atoms with Crippen molar-refractivity contribution in [1.82, 2.24) is 4.57 Å². The molecule has 0 aliphatic carbocycles. The fourth-order valence-electron chi connectivity index (χ4n) is 2.85. The molecule has 2 aromatic rings. The van der Waals surface area contributed by atoms with Gasteiger partial charge < -0.3 is 13.9 Å². The number of nitrogens with zero attached hydrogens (tertiary/aromatic N) is 1. The van der Waals surface area contributed by atoms with Crippen LogP contribution >= 0.6 is 0 Å². The molecule has 0 bridgehead atoms. The summed E-state index contributed by atoms with van der Waals surface area (Å²) in [5.41, 5.74) is 0.280. The van der Waals surface area contributed by atoms with Gasteiger partial charge in [0.2, 0.25) is 0 Å². The lowest BCUT2D eigenvalue weighted by Gasteiger charge is -2.32. The Morgan fingerprint density at radius 3 is 2.35 bits per heavy atom. The zero-order valence-corrected chi connectivity index (χ0v) is 14.6. The number of hydrogen-bond acceptors (Lipinski definition) is 3. The number of hydrogen-bond donors (Lipinski definition) is 0. The highest BCUT2D eigenvalue weighted by Gasteiger charge is 2.51. The minimum absolute atomic E-state index is 0.0600. The number of aromatic nitrogens is 1. The number of pyridine rings is 1. The molecule has 0 amide bonds. The van der Waals surface area contributed by atoms with Gasteiger partial charge in [-0.3, -0.25) is 4.79 Å². The Balaban J connectivity index is 1.99.